The van der Waals surface area contributed by atoms with Gasteiger partial charge in [-0.25, -0.2) is 13.4 Å². The number of ether oxygens (including phenoxy) is 1. The third kappa shape index (κ3) is 4.78. The first-order valence-corrected chi connectivity index (χ1v) is 16.1. The summed E-state index contributed by atoms with van der Waals surface area (Å²) in [6.45, 7) is 7.11. The summed E-state index contributed by atoms with van der Waals surface area (Å²) in [4.78, 5) is 35.4. The second kappa shape index (κ2) is 9.82. The Morgan fingerprint density at radius 3 is 2.65 bits per heavy atom. The van der Waals surface area contributed by atoms with Crippen LogP contribution in [-0.4, -0.2) is 97.2 Å². The van der Waals surface area contributed by atoms with E-state index in [0.717, 1.165) is 27.3 Å². The monoisotopic (exact) mass is 586 g/mol. The largest absolute Gasteiger partial charge is 0.377 e. The summed E-state index contributed by atoms with van der Waals surface area (Å²) < 4.78 is 33.1. The molecular weight excluding hydrogens is 552 g/mol. The number of sulfonamides is 1. The molecule has 2 saturated heterocycles. The topological polar surface area (TPSA) is 117 Å². The van der Waals surface area contributed by atoms with E-state index in [-0.39, 0.29) is 17.9 Å². The third-order valence-electron chi connectivity index (χ3n) is 8.08. The number of carbonyl (C=O) groups excluding carboxylic acids is 2. The number of morpholine rings is 1. The van der Waals surface area contributed by atoms with Gasteiger partial charge >= 0.3 is 0 Å². The Morgan fingerprint density at radius 1 is 1.20 bits per heavy atom. The van der Waals surface area contributed by atoms with Gasteiger partial charge in [0.2, 0.25) is 10.0 Å². The lowest BCUT2D eigenvalue weighted by Crippen LogP contribution is -2.50. The molecule has 2 fully saturated rings. The molecule has 0 saturated carbocycles. The molecule has 0 radical (unpaired) electrons. The fourth-order valence-corrected chi connectivity index (χ4v) is 7.96. The van der Waals surface area contributed by atoms with E-state index in [9.17, 15) is 18.0 Å². The number of piperazine rings is 1. The molecule has 13 heteroatoms. The molecule has 6 rings (SSSR count). The number of rotatable bonds is 5. The number of benzene rings is 1. The van der Waals surface area contributed by atoms with Crippen molar-refractivity contribution in [1.82, 2.24) is 24.1 Å². The number of carbonyl (C=O) groups is 2. The lowest BCUT2D eigenvalue weighted by atomic mass is 10.0. The predicted octanol–water partition coefficient (Wildman–Crippen LogP) is 1.78. The molecule has 3 aromatic rings. The van der Waals surface area contributed by atoms with Gasteiger partial charge in [0, 0.05) is 62.4 Å². The van der Waals surface area contributed by atoms with Crippen molar-refractivity contribution in [3.05, 3.63) is 46.1 Å². The van der Waals surface area contributed by atoms with Gasteiger partial charge in [-0.05, 0) is 44.0 Å². The molecule has 3 aliphatic heterocycles. The highest BCUT2D eigenvalue weighted by Gasteiger charge is 2.40. The summed E-state index contributed by atoms with van der Waals surface area (Å²) in [6.07, 6.45) is 4.00. The van der Waals surface area contributed by atoms with E-state index in [1.165, 1.54) is 21.9 Å². The summed E-state index contributed by atoms with van der Waals surface area (Å²) >= 11 is 1.44. The Bertz CT molecular complexity index is 1600. The highest BCUT2D eigenvalue weighted by Crippen LogP contribution is 2.38. The lowest BCUT2D eigenvalue weighted by molar-refractivity contribution is 0.0698. The maximum absolute atomic E-state index is 13.4. The van der Waals surface area contributed by atoms with E-state index < -0.39 is 15.6 Å². The summed E-state index contributed by atoms with van der Waals surface area (Å²) in [5, 5.41) is 4.84. The van der Waals surface area contributed by atoms with Crippen LogP contribution in [0.25, 0.3) is 10.9 Å². The van der Waals surface area contributed by atoms with Crippen molar-refractivity contribution in [2.45, 2.75) is 31.8 Å². The smallest absolute Gasteiger partial charge is 0.264 e. The zero-order valence-electron chi connectivity index (χ0n) is 23.1. The van der Waals surface area contributed by atoms with Gasteiger partial charge in [-0.1, -0.05) is 11.3 Å². The van der Waals surface area contributed by atoms with Crippen molar-refractivity contribution in [3.63, 3.8) is 0 Å². The minimum absolute atomic E-state index is 0.0280. The maximum Gasteiger partial charge on any atom is 0.264 e. The minimum Gasteiger partial charge on any atom is -0.377 e. The van der Waals surface area contributed by atoms with E-state index in [1.807, 2.05) is 39.1 Å². The Hall–Kier alpha value is -3.00. The Kier molecular flexibility index (Phi) is 6.68. The van der Waals surface area contributed by atoms with E-state index in [4.69, 9.17) is 9.72 Å². The third-order valence-corrected chi connectivity index (χ3v) is 10.5. The number of hydrogen-bond donors (Lipinski definition) is 1. The second-order valence-electron chi connectivity index (χ2n) is 11.3. The van der Waals surface area contributed by atoms with Crippen molar-refractivity contribution in [2.75, 3.05) is 57.1 Å². The Balaban J connectivity index is 1.25. The molecule has 11 nitrogen and oxygen atoms in total. The highest BCUT2D eigenvalue weighted by atomic mass is 32.2. The lowest BCUT2D eigenvalue weighted by Gasteiger charge is -2.35. The van der Waals surface area contributed by atoms with Gasteiger partial charge in [0.05, 0.1) is 36.7 Å². The maximum atomic E-state index is 13.4. The summed E-state index contributed by atoms with van der Waals surface area (Å²) in [5.74, 6) is -0.164. The summed E-state index contributed by atoms with van der Waals surface area (Å²) in [6, 6.07) is 5.80. The summed E-state index contributed by atoms with van der Waals surface area (Å²) in [5.41, 5.74) is 3.04. The highest BCUT2D eigenvalue weighted by molar-refractivity contribution is 7.88. The summed E-state index contributed by atoms with van der Waals surface area (Å²) in [7, 11) is -1.26. The quantitative estimate of drug-likeness (QED) is 0.485. The number of hydrogen-bond acceptors (Lipinski definition) is 8. The van der Waals surface area contributed by atoms with Gasteiger partial charge in [-0.15, -0.1) is 0 Å². The second-order valence-corrected chi connectivity index (χ2v) is 14.3. The molecule has 5 heterocycles. The number of anilines is 1. The van der Waals surface area contributed by atoms with Gasteiger partial charge in [-0.3, -0.25) is 9.59 Å². The SMILES string of the molecule is Cn1cc(C[C@H]2COCCN2c2nc3c(s2)C(=O)NC3(C)C)c2cc(C(=O)N3CCN(S(C)(=O)=O)CC3)ccc21. The molecule has 1 atom stereocenters. The number of aryl methyl sites for hydroxylation is 1. The molecular formula is C27H34N6O5S2. The van der Waals surface area contributed by atoms with Crippen molar-refractivity contribution in [1.29, 1.82) is 0 Å². The van der Waals surface area contributed by atoms with Crippen LogP contribution in [0.15, 0.2) is 24.4 Å². The Morgan fingerprint density at radius 2 is 1.95 bits per heavy atom. The molecule has 1 aromatic carbocycles. The van der Waals surface area contributed by atoms with E-state index in [2.05, 4.69) is 21.0 Å². The van der Waals surface area contributed by atoms with Crippen molar-refractivity contribution >= 4 is 49.2 Å². The van der Waals surface area contributed by atoms with Gasteiger partial charge in [0.15, 0.2) is 5.13 Å². The number of thiazole rings is 1. The van der Waals surface area contributed by atoms with Crippen LogP contribution in [0.1, 0.15) is 45.1 Å². The van der Waals surface area contributed by atoms with E-state index >= 15 is 0 Å². The van der Waals surface area contributed by atoms with E-state index in [0.29, 0.717) is 62.8 Å². The standard InChI is InChI=1S/C27H34N6O5S2/c1-27(2)23-22(24(34)29-27)39-26(28-23)33-11-12-38-16-19(33)13-18-15-30(3)21-6-5-17(14-20(18)21)25(35)31-7-9-32(10-8-31)40(4,36)37/h5-6,14-15,19H,7-13,16H2,1-4H3,(H,29,34)/t19-/m0/s1. The molecule has 0 unspecified atom stereocenters. The van der Waals surface area contributed by atoms with Crippen LogP contribution in [0.2, 0.25) is 0 Å². The first-order chi connectivity index (χ1) is 18.9. The molecule has 2 amide bonds. The zero-order chi connectivity index (χ0) is 28.4. The fourth-order valence-electron chi connectivity index (χ4n) is 5.91. The number of aromatic nitrogens is 2. The molecule has 3 aliphatic rings. The fraction of sp³-hybridized carbons (Fsp3) is 0.519. The van der Waals surface area contributed by atoms with Crippen LogP contribution in [-0.2, 0) is 33.8 Å². The van der Waals surface area contributed by atoms with Crippen molar-refractivity contribution in [2.24, 2.45) is 7.05 Å². The van der Waals surface area contributed by atoms with Crippen LogP contribution in [0, 0.1) is 0 Å². The average Bonchev–Trinajstić information content (AvgIpc) is 3.56. The molecule has 0 spiro atoms. The zero-order valence-corrected chi connectivity index (χ0v) is 24.8. The molecule has 40 heavy (non-hydrogen) atoms. The van der Waals surface area contributed by atoms with Gasteiger partial charge < -0.3 is 24.4 Å². The Labute approximate surface area is 237 Å². The molecule has 0 bridgehead atoms. The minimum atomic E-state index is -3.26. The van der Waals surface area contributed by atoms with Gasteiger partial charge in [0.1, 0.15) is 4.88 Å². The van der Waals surface area contributed by atoms with Crippen molar-refractivity contribution in [3.8, 4) is 0 Å². The van der Waals surface area contributed by atoms with Crippen LogP contribution >= 0.6 is 11.3 Å². The van der Waals surface area contributed by atoms with Crippen LogP contribution in [0.5, 0.6) is 0 Å². The van der Waals surface area contributed by atoms with Gasteiger partial charge in [0.25, 0.3) is 11.8 Å². The normalized spacial score (nSPS) is 21.6. The molecule has 0 aliphatic carbocycles. The first-order valence-electron chi connectivity index (χ1n) is 13.4. The predicted molar refractivity (Wildman–Crippen MR) is 154 cm³/mol. The van der Waals surface area contributed by atoms with Crippen LogP contribution in [0.3, 0.4) is 0 Å². The molecule has 1 N–H and O–H groups in total. The molecule has 2 aromatic heterocycles. The number of amides is 2. The first kappa shape index (κ1) is 27.2. The van der Waals surface area contributed by atoms with Crippen molar-refractivity contribution < 1.29 is 22.7 Å². The van der Waals surface area contributed by atoms with E-state index in [1.54, 1.807) is 4.90 Å². The van der Waals surface area contributed by atoms with Crippen LogP contribution in [0.4, 0.5) is 5.13 Å². The number of nitrogens with zero attached hydrogens (tertiary/aromatic N) is 5. The number of fused-ring (bicyclic) bond motifs is 2. The number of nitrogens with one attached hydrogen (secondary N) is 1. The average molecular weight is 587 g/mol. The van der Waals surface area contributed by atoms with Gasteiger partial charge in [-0.2, -0.15) is 4.31 Å². The van der Waals surface area contributed by atoms with Crippen LogP contribution < -0.4 is 10.2 Å². The molecule has 214 valence electrons.